The molecule has 0 radical (unpaired) electrons. The largest absolute Gasteiger partial charge is 0.462 e. The molecule has 1 N–H and O–H groups in total. The smallest absolute Gasteiger partial charge is 0.340 e. The number of para-hydroxylation sites is 2. The summed E-state index contributed by atoms with van der Waals surface area (Å²) in [5, 5.41) is 3.72. The van der Waals surface area contributed by atoms with Crippen LogP contribution in [0, 0.1) is 6.92 Å². The van der Waals surface area contributed by atoms with E-state index in [1.54, 1.807) is 48.5 Å². The quantitative estimate of drug-likeness (QED) is 0.289. The Labute approximate surface area is 212 Å². The fourth-order valence-electron chi connectivity index (χ4n) is 3.52. The van der Waals surface area contributed by atoms with Gasteiger partial charge in [-0.2, -0.15) is 0 Å². The molecule has 1 heterocycles. The number of carbonyl (C=O) groups is 3. The summed E-state index contributed by atoms with van der Waals surface area (Å²) in [7, 11) is 0. The first-order valence-corrected chi connectivity index (χ1v) is 12.3. The van der Waals surface area contributed by atoms with E-state index in [1.807, 2.05) is 38.1 Å². The summed E-state index contributed by atoms with van der Waals surface area (Å²) in [5.74, 6) is -1.66. The van der Waals surface area contributed by atoms with Crippen molar-refractivity contribution in [2.45, 2.75) is 25.2 Å². The predicted octanol–water partition coefficient (Wildman–Crippen LogP) is 6.20. The number of thioether (sulfide) groups is 1. The van der Waals surface area contributed by atoms with Gasteiger partial charge in [0.1, 0.15) is 10.6 Å². The number of amides is 2. The summed E-state index contributed by atoms with van der Waals surface area (Å²) in [5.41, 5.74) is 2.09. The third kappa shape index (κ3) is 5.26. The lowest BCUT2D eigenvalue weighted by molar-refractivity contribution is -0.120. The first-order chi connectivity index (χ1) is 16.9. The van der Waals surface area contributed by atoms with E-state index in [9.17, 15) is 14.4 Å². The molecule has 0 unspecified atom stereocenters. The number of esters is 1. The minimum atomic E-state index is -0.588. The van der Waals surface area contributed by atoms with E-state index in [-0.39, 0.29) is 28.5 Å². The number of halogens is 1. The number of anilines is 2. The third-order valence-electron chi connectivity index (χ3n) is 5.28. The Bertz CT molecular complexity index is 1320. The van der Waals surface area contributed by atoms with Crippen LogP contribution in [0.4, 0.5) is 11.4 Å². The van der Waals surface area contributed by atoms with Crippen molar-refractivity contribution in [1.29, 1.82) is 0 Å². The summed E-state index contributed by atoms with van der Waals surface area (Å²) >= 11 is 7.18. The van der Waals surface area contributed by atoms with Gasteiger partial charge in [-0.25, -0.2) is 9.69 Å². The minimum Gasteiger partial charge on any atom is -0.462 e. The van der Waals surface area contributed by atoms with Gasteiger partial charge in [-0.15, -0.1) is 0 Å². The Kier molecular flexibility index (Phi) is 7.58. The molecule has 0 fully saturated rings. The van der Waals surface area contributed by atoms with Gasteiger partial charge < -0.3 is 10.1 Å². The van der Waals surface area contributed by atoms with Gasteiger partial charge in [-0.05, 0) is 61.4 Å². The van der Waals surface area contributed by atoms with Crippen LogP contribution in [0.3, 0.4) is 0 Å². The number of aryl methyl sites for hydroxylation is 1. The molecule has 8 heteroatoms. The molecular weight excluding hydrogens is 484 g/mol. The highest BCUT2D eigenvalue weighted by Crippen LogP contribution is 2.39. The lowest BCUT2D eigenvalue weighted by Crippen LogP contribution is -2.33. The molecule has 0 saturated heterocycles. The van der Waals surface area contributed by atoms with Crippen LogP contribution in [0.1, 0.15) is 29.3 Å². The van der Waals surface area contributed by atoms with Gasteiger partial charge in [0, 0.05) is 15.6 Å². The van der Waals surface area contributed by atoms with Crippen molar-refractivity contribution in [3.05, 3.63) is 99.5 Å². The molecule has 0 aliphatic carbocycles. The van der Waals surface area contributed by atoms with Crippen LogP contribution in [-0.4, -0.2) is 24.4 Å². The van der Waals surface area contributed by atoms with Crippen molar-refractivity contribution in [3.63, 3.8) is 0 Å². The van der Waals surface area contributed by atoms with E-state index in [2.05, 4.69) is 5.32 Å². The van der Waals surface area contributed by atoms with E-state index in [0.29, 0.717) is 17.1 Å². The van der Waals surface area contributed by atoms with Gasteiger partial charge in [-0.1, -0.05) is 60.6 Å². The van der Waals surface area contributed by atoms with Crippen LogP contribution in [0.15, 0.2) is 88.3 Å². The highest BCUT2D eigenvalue weighted by molar-refractivity contribution is 8.04. The van der Waals surface area contributed by atoms with Crippen LogP contribution in [-0.2, 0) is 14.3 Å². The Hall–Kier alpha value is -3.55. The average molecular weight is 507 g/mol. The van der Waals surface area contributed by atoms with E-state index in [0.717, 1.165) is 27.1 Å². The summed E-state index contributed by atoms with van der Waals surface area (Å²) in [6, 6.07) is 20.9. The normalized spacial score (nSPS) is 13.4. The molecule has 35 heavy (non-hydrogen) atoms. The lowest BCUT2D eigenvalue weighted by Gasteiger charge is -2.18. The van der Waals surface area contributed by atoms with Crippen molar-refractivity contribution in [2.75, 3.05) is 16.8 Å². The van der Waals surface area contributed by atoms with Crippen molar-refractivity contribution < 1.29 is 19.1 Å². The van der Waals surface area contributed by atoms with E-state index >= 15 is 0 Å². The second-order valence-corrected chi connectivity index (χ2v) is 9.32. The van der Waals surface area contributed by atoms with E-state index < -0.39 is 17.8 Å². The average Bonchev–Trinajstić information content (AvgIpc) is 3.09. The standard InChI is InChI=1S/C27H23ClN2O4S/c1-3-16-34-27(33)20-9-5-7-11-22(20)30-25(31)23(29-21-10-6-4-8-17(21)2)24(26(30)32)35-19-14-12-18(28)13-15-19/h4-15,29H,3,16H2,1-2H3. The Morgan fingerprint density at radius 2 is 1.66 bits per heavy atom. The molecule has 0 spiro atoms. The number of ether oxygens (including phenoxy) is 1. The number of hydrogen-bond donors (Lipinski definition) is 1. The van der Waals surface area contributed by atoms with E-state index in [4.69, 9.17) is 16.3 Å². The Morgan fingerprint density at radius 3 is 2.37 bits per heavy atom. The molecule has 3 aromatic rings. The maximum absolute atomic E-state index is 13.7. The molecule has 3 aromatic carbocycles. The van der Waals surface area contributed by atoms with Gasteiger partial charge in [0.05, 0.1) is 17.9 Å². The third-order valence-corrected chi connectivity index (χ3v) is 6.62. The molecule has 178 valence electrons. The van der Waals surface area contributed by atoms with Gasteiger partial charge >= 0.3 is 5.97 Å². The van der Waals surface area contributed by atoms with E-state index in [1.165, 1.54) is 0 Å². The molecule has 4 rings (SSSR count). The Morgan fingerprint density at radius 1 is 0.971 bits per heavy atom. The van der Waals surface area contributed by atoms with Crippen LogP contribution in [0.25, 0.3) is 0 Å². The number of rotatable bonds is 8. The van der Waals surface area contributed by atoms with Crippen LogP contribution >= 0.6 is 23.4 Å². The zero-order valence-corrected chi connectivity index (χ0v) is 20.8. The molecule has 0 saturated carbocycles. The molecule has 0 aromatic heterocycles. The monoisotopic (exact) mass is 506 g/mol. The molecule has 0 atom stereocenters. The minimum absolute atomic E-state index is 0.140. The summed E-state index contributed by atoms with van der Waals surface area (Å²) in [4.78, 5) is 42.0. The SMILES string of the molecule is CCCOC(=O)c1ccccc1N1C(=O)C(Nc2ccccc2C)=C(Sc2ccc(Cl)cc2)C1=O. The highest BCUT2D eigenvalue weighted by Gasteiger charge is 2.41. The first-order valence-electron chi connectivity index (χ1n) is 11.1. The zero-order valence-electron chi connectivity index (χ0n) is 19.2. The molecule has 2 amide bonds. The molecule has 6 nitrogen and oxygen atoms in total. The predicted molar refractivity (Wildman–Crippen MR) is 139 cm³/mol. The molecular formula is C27H23ClN2O4S. The van der Waals surface area contributed by atoms with Crippen molar-refractivity contribution >= 4 is 52.5 Å². The fourth-order valence-corrected chi connectivity index (χ4v) is 4.57. The van der Waals surface area contributed by atoms with Gasteiger partial charge in [0.15, 0.2) is 0 Å². The number of nitrogens with one attached hydrogen (secondary N) is 1. The van der Waals surface area contributed by atoms with Gasteiger partial charge in [0.25, 0.3) is 11.8 Å². The van der Waals surface area contributed by atoms with Crippen LogP contribution in [0.5, 0.6) is 0 Å². The Balaban J connectivity index is 1.76. The van der Waals surface area contributed by atoms with Crippen molar-refractivity contribution in [3.8, 4) is 0 Å². The molecule has 1 aliphatic heterocycles. The highest BCUT2D eigenvalue weighted by atomic mass is 35.5. The number of carbonyl (C=O) groups excluding carboxylic acids is 3. The second kappa shape index (κ2) is 10.8. The van der Waals surface area contributed by atoms with Crippen LogP contribution in [0.2, 0.25) is 5.02 Å². The fraction of sp³-hybridized carbons (Fsp3) is 0.148. The number of benzene rings is 3. The number of nitrogens with zero attached hydrogens (tertiary/aromatic N) is 1. The van der Waals surface area contributed by atoms with Crippen molar-refractivity contribution in [2.24, 2.45) is 0 Å². The topological polar surface area (TPSA) is 75.7 Å². The summed E-state index contributed by atoms with van der Waals surface area (Å²) in [6.45, 7) is 4.04. The zero-order chi connectivity index (χ0) is 24.9. The van der Waals surface area contributed by atoms with Crippen LogP contribution < -0.4 is 10.2 Å². The van der Waals surface area contributed by atoms with Crippen molar-refractivity contribution in [1.82, 2.24) is 0 Å². The molecule has 1 aliphatic rings. The lowest BCUT2D eigenvalue weighted by atomic mass is 10.1. The van der Waals surface area contributed by atoms with Gasteiger partial charge in [0.2, 0.25) is 0 Å². The summed E-state index contributed by atoms with van der Waals surface area (Å²) < 4.78 is 5.28. The number of imide groups is 1. The number of hydrogen-bond acceptors (Lipinski definition) is 6. The second-order valence-electron chi connectivity index (χ2n) is 7.80. The van der Waals surface area contributed by atoms with Gasteiger partial charge in [-0.3, -0.25) is 9.59 Å². The maximum atomic E-state index is 13.7. The summed E-state index contributed by atoms with van der Waals surface area (Å²) in [6.07, 6.45) is 0.656. The molecule has 0 bridgehead atoms. The first kappa shape index (κ1) is 24.6. The maximum Gasteiger partial charge on any atom is 0.340 e.